The Morgan fingerprint density at radius 1 is 1.17 bits per heavy atom. The molecule has 2 aliphatic rings. The molecule has 1 aromatic carbocycles. The normalized spacial score (nSPS) is 30.5. The van der Waals surface area contributed by atoms with Crippen LogP contribution in [0.2, 0.25) is 0 Å². The Kier molecular flexibility index (Phi) is 4.15. The van der Waals surface area contributed by atoms with Crippen molar-refractivity contribution < 1.29 is 4.79 Å². The first-order valence-corrected chi connectivity index (χ1v) is 8.16. The highest BCUT2D eigenvalue weighted by Gasteiger charge is 2.52. The van der Waals surface area contributed by atoms with E-state index in [0.29, 0.717) is 29.4 Å². The summed E-state index contributed by atoms with van der Waals surface area (Å²) in [6.45, 7) is 0. The summed E-state index contributed by atoms with van der Waals surface area (Å²) < 4.78 is 0. The Balaban J connectivity index is 1.93. The standard InChI is InChI=1S/C18H17N3OS/c19-10-14-16(22)21-17(23)15(11-20)18(14)8-6-13(7-9-18)12-4-2-1-3-5-12/h1-5,13-14,23H,6-9H2,(H,21,22)/t13?,14-,18?/m0/s1. The van der Waals surface area contributed by atoms with Gasteiger partial charge in [-0.25, -0.2) is 0 Å². The Labute approximate surface area is 141 Å². The van der Waals surface area contributed by atoms with Gasteiger partial charge in [-0.1, -0.05) is 30.3 Å². The minimum atomic E-state index is -0.815. The summed E-state index contributed by atoms with van der Waals surface area (Å²) in [4.78, 5) is 12.2. The number of nitrogens with zero attached hydrogens (tertiary/aromatic N) is 2. The van der Waals surface area contributed by atoms with Gasteiger partial charge in [0.1, 0.15) is 5.92 Å². The fourth-order valence-corrected chi connectivity index (χ4v) is 4.34. The molecule has 0 unspecified atom stereocenters. The van der Waals surface area contributed by atoms with E-state index >= 15 is 0 Å². The average molecular weight is 323 g/mol. The zero-order chi connectivity index (χ0) is 16.4. The number of benzene rings is 1. The lowest BCUT2D eigenvalue weighted by Crippen LogP contribution is -2.48. The molecule has 0 saturated heterocycles. The van der Waals surface area contributed by atoms with Crippen molar-refractivity contribution in [3.05, 3.63) is 46.5 Å². The highest BCUT2D eigenvalue weighted by molar-refractivity contribution is 7.84. The first-order valence-electron chi connectivity index (χ1n) is 7.71. The van der Waals surface area contributed by atoms with Crippen LogP contribution in [-0.2, 0) is 4.79 Å². The van der Waals surface area contributed by atoms with Gasteiger partial charge in [0.05, 0.1) is 22.7 Å². The van der Waals surface area contributed by atoms with Gasteiger partial charge >= 0.3 is 0 Å². The molecule has 3 rings (SSSR count). The zero-order valence-corrected chi connectivity index (χ0v) is 13.5. The molecule has 116 valence electrons. The first-order chi connectivity index (χ1) is 11.1. The van der Waals surface area contributed by atoms with E-state index in [2.05, 4.69) is 42.2 Å². The van der Waals surface area contributed by atoms with Gasteiger partial charge < -0.3 is 5.32 Å². The molecule has 1 aromatic rings. The van der Waals surface area contributed by atoms with Gasteiger partial charge in [-0.3, -0.25) is 4.79 Å². The van der Waals surface area contributed by atoms with Crippen LogP contribution in [0.4, 0.5) is 0 Å². The van der Waals surface area contributed by atoms with Gasteiger partial charge in [0.25, 0.3) is 0 Å². The summed E-state index contributed by atoms with van der Waals surface area (Å²) in [7, 11) is 0. The first kappa shape index (κ1) is 15.6. The minimum Gasteiger partial charge on any atom is -0.319 e. The van der Waals surface area contributed by atoms with E-state index < -0.39 is 11.3 Å². The van der Waals surface area contributed by atoms with Crippen LogP contribution in [0.3, 0.4) is 0 Å². The fourth-order valence-electron chi connectivity index (χ4n) is 3.96. The molecule has 1 fully saturated rings. The molecule has 1 heterocycles. The van der Waals surface area contributed by atoms with Crippen LogP contribution >= 0.6 is 12.6 Å². The van der Waals surface area contributed by atoms with Crippen LogP contribution < -0.4 is 5.32 Å². The molecule has 1 atom stereocenters. The second kappa shape index (κ2) is 6.10. The smallest absolute Gasteiger partial charge is 0.243 e. The van der Waals surface area contributed by atoms with E-state index in [9.17, 15) is 15.3 Å². The lowest BCUT2D eigenvalue weighted by atomic mass is 9.58. The van der Waals surface area contributed by atoms with Crippen molar-refractivity contribution in [2.75, 3.05) is 0 Å². The highest BCUT2D eigenvalue weighted by atomic mass is 32.1. The zero-order valence-electron chi connectivity index (χ0n) is 12.6. The van der Waals surface area contributed by atoms with Crippen molar-refractivity contribution in [2.45, 2.75) is 31.6 Å². The maximum Gasteiger partial charge on any atom is 0.243 e. The summed E-state index contributed by atoms with van der Waals surface area (Å²) in [5.41, 5.74) is 1.05. The molecule has 1 spiro atoms. The van der Waals surface area contributed by atoms with Crippen LogP contribution in [-0.4, -0.2) is 5.91 Å². The number of rotatable bonds is 1. The van der Waals surface area contributed by atoms with Crippen molar-refractivity contribution in [3.63, 3.8) is 0 Å². The van der Waals surface area contributed by atoms with E-state index in [1.165, 1.54) is 5.56 Å². The van der Waals surface area contributed by atoms with Gasteiger partial charge in [-0.15, -0.1) is 12.6 Å². The number of carbonyl (C=O) groups is 1. The predicted molar refractivity (Wildman–Crippen MR) is 89.0 cm³/mol. The Hall–Kier alpha value is -2.24. The highest BCUT2D eigenvalue weighted by Crippen LogP contribution is 2.53. The van der Waals surface area contributed by atoms with E-state index in [4.69, 9.17) is 0 Å². The van der Waals surface area contributed by atoms with Crippen molar-refractivity contribution in [2.24, 2.45) is 11.3 Å². The number of carbonyl (C=O) groups excluding carboxylic acids is 1. The second-order valence-electron chi connectivity index (χ2n) is 6.23. The number of amides is 1. The number of allylic oxidation sites excluding steroid dienone is 1. The van der Waals surface area contributed by atoms with Crippen molar-refractivity contribution in [1.29, 1.82) is 10.5 Å². The molecule has 1 N–H and O–H groups in total. The van der Waals surface area contributed by atoms with Crippen molar-refractivity contribution >= 4 is 18.5 Å². The Bertz CT molecular complexity index is 734. The maximum atomic E-state index is 12.2. The summed E-state index contributed by atoms with van der Waals surface area (Å²) in [6, 6.07) is 14.6. The Morgan fingerprint density at radius 2 is 1.83 bits per heavy atom. The molecule has 1 aliphatic carbocycles. The number of nitrogens with one attached hydrogen (secondary N) is 1. The topological polar surface area (TPSA) is 76.7 Å². The second-order valence-corrected chi connectivity index (χ2v) is 6.68. The minimum absolute atomic E-state index is 0.308. The maximum absolute atomic E-state index is 12.2. The molecule has 0 bridgehead atoms. The average Bonchev–Trinajstić information content (AvgIpc) is 2.57. The third-order valence-electron chi connectivity index (χ3n) is 5.18. The largest absolute Gasteiger partial charge is 0.319 e. The molecule has 0 aromatic heterocycles. The molecule has 23 heavy (non-hydrogen) atoms. The van der Waals surface area contributed by atoms with Gasteiger partial charge in [0.15, 0.2) is 0 Å². The molecule has 1 aliphatic heterocycles. The third-order valence-corrected chi connectivity index (χ3v) is 5.52. The van der Waals surface area contributed by atoms with Crippen LogP contribution in [0.1, 0.15) is 37.2 Å². The summed E-state index contributed by atoms with van der Waals surface area (Å²) in [5.74, 6) is -0.742. The summed E-state index contributed by atoms with van der Waals surface area (Å²) >= 11 is 4.27. The predicted octanol–water partition coefficient (Wildman–Crippen LogP) is 3.27. The quantitative estimate of drug-likeness (QED) is 0.779. The van der Waals surface area contributed by atoms with Crippen LogP contribution in [0.25, 0.3) is 0 Å². The molecule has 0 radical (unpaired) electrons. The van der Waals surface area contributed by atoms with Crippen molar-refractivity contribution in [3.8, 4) is 12.1 Å². The summed E-state index contributed by atoms with van der Waals surface area (Å²) in [5, 5.41) is 21.9. The van der Waals surface area contributed by atoms with Crippen LogP contribution in [0, 0.1) is 34.0 Å². The number of nitriles is 2. The molecular formula is C18H17N3OS. The molecule has 1 saturated carbocycles. The molecule has 1 amide bonds. The van der Waals surface area contributed by atoms with E-state index in [0.717, 1.165) is 12.8 Å². The summed E-state index contributed by atoms with van der Waals surface area (Å²) in [6.07, 6.45) is 3.04. The lowest BCUT2D eigenvalue weighted by molar-refractivity contribution is -0.126. The molecular weight excluding hydrogens is 306 g/mol. The van der Waals surface area contributed by atoms with Gasteiger partial charge in [0, 0.05) is 5.41 Å². The number of hydrogen-bond donors (Lipinski definition) is 2. The monoisotopic (exact) mass is 323 g/mol. The fraction of sp³-hybridized carbons (Fsp3) is 0.389. The van der Waals surface area contributed by atoms with Crippen molar-refractivity contribution in [1.82, 2.24) is 5.32 Å². The number of thiol groups is 1. The van der Waals surface area contributed by atoms with Crippen LogP contribution in [0.5, 0.6) is 0 Å². The van der Waals surface area contributed by atoms with Crippen LogP contribution in [0.15, 0.2) is 40.9 Å². The van der Waals surface area contributed by atoms with E-state index in [1.54, 1.807) is 0 Å². The molecule has 4 nitrogen and oxygen atoms in total. The SMILES string of the molecule is N#CC1=C(S)NC(=O)[C@H](C#N)C12CCC(c1ccccc1)CC2. The molecule has 5 heteroatoms. The van der Waals surface area contributed by atoms with Gasteiger partial charge in [-0.05, 0) is 37.2 Å². The van der Waals surface area contributed by atoms with E-state index in [1.807, 2.05) is 18.2 Å². The Morgan fingerprint density at radius 3 is 2.39 bits per heavy atom. The lowest BCUT2D eigenvalue weighted by Gasteiger charge is -2.44. The number of hydrogen-bond acceptors (Lipinski definition) is 4. The van der Waals surface area contributed by atoms with Gasteiger partial charge in [0.2, 0.25) is 5.91 Å². The van der Waals surface area contributed by atoms with E-state index in [-0.39, 0.29) is 5.91 Å². The van der Waals surface area contributed by atoms with Gasteiger partial charge in [-0.2, -0.15) is 10.5 Å². The third kappa shape index (κ3) is 2.52.